The highest BCUT2D eigenvalue weighted by Gasteiger charge is 2.31. The third kappa shape index (κ3) is 5.37. The normalized spacial score (nSPS) is 18.0. The maximum absolute atomic E-state index is 12.8. The predicted octanol–water partition coefficient (Wildman–Crippen LogP) is 2.67. The van der Waals surface area contributed by atoms with E-state index in [0.29, 0.717) is 37.0 Å². The number of carbonyl (C=O) groups excluding carboxylic acids is 2. The first-order valence-corrected chi connectivity index (χ1v) is 10.0. The average molecular weight is 388 g/mol. The van der Waals surface area contributed by atoms with Crippen LogP contribution in [0.3, 0.4) is 0 Å². The molecule has 0 radical (unpaired) electrons. The van der Waals surface area contributed by atoms with Crippen LogP contribution in [-0.4, -0.2) is 58.9 Å². The first-order chi connectivity index (χ1) is 13.0. The zero-order valence-electron chi connectivity index (χ0n) is 15.7. The fourth-order valence-corrected chi connectivity index (χ4v) is 3.80. The van der Waals surface area contributed by atoms with Crippen molar-refractivity contribution < 1.29 is 14.3 Å². The molecule has 0 unspecified atom stereocenters. The van der Waals surface area contributed by atoms with Crippen molar-refractivity contribution in [2.75, 3.05) is 26.2 Å². The lowest BCUT2D eigenvalue weighted by Gasteiger charge is -2.26. The van der Waals surface area contributed by atoms with Crippen LogP contribution < -0.4 is 0 Å². The summed E-state index contributed by atoms with van der Waals surface area (Å²) < 4.78 is 6.08. The Morgan fingerprint density at radius 1 is 1.33 bits per heavy atom. The SMILES string of the molecule is CC(C)CN1C[C@@H](OCc2cccnc2)CN(C(=O)c2cccs2)CC1=O. The summed E-state index contributed by atoms with van der Waals surface area (Å²) in [7, 11) is 0. The molecule has 2 aromatic heterocycles. The Morgan fingerprint density at radius 3 is 2.85 bits per heavy atom. The Kier molecular flexibility index (Phi) is 6.58. The van der Waals surface area contributed by atoms with Crippen LogP contribution in [0.1, 0.15) is 29.1 Å². The van der Waals surface area contributed by atoms with Gasteiger partial charge in [-0.1, -0.05) is 26.0 Å². The molecular weight excluding hydrogens is 362 g/mol. The smallest absolute Gasteiger partial charge is 0.264 e. The van der Waals surface area contributed by atoms with E-state index in [9.17, 15) is 9.59 Å². The Labute approximate surface area is 163 Å². The van der Waals surface area contributed by atoms with Crippen molar-refractivity contribution in [3.8, 4) is 0 Å². The highest BCUT2D eigenvalue weighted by Crippen LogP contribution is 2.17. The van der Waals surface area contributed by atoms with Gasteiger partial charge in [-0.15, -0.1) is 11.3 Å². The van der Waals surface area contributed by atoms with Gasteiger partial charge in [0.1, 0.15) is 6.54 Å². The van der Waals surface area contributed by atoms with Gasteiger partial charge in [0.15, 0.2) is 0 Å². The largest absolute Gasteiger partial charge is 0.370 e. The van der Waals surface area contributed by atoms with Gasteiger partial charge in [0.05, 0.1) is 17.6 Å². The Bertz CT molecular complexity index is 749. The van der Waals surface area contributed by atoms with Crippen molar-refractivity contribution in [1.82, 2.24) is 14.8 Å². The lowest BCUT2D eigenvalue weighted by molar-refractivity contribution is -0.132. The van der Waals surface area contributed by atoms with Crippen LogP contribution in [0.15, 0.2) is 42.0 Å². The van der Waals surface area contributed by atoms with Crippen LogP contribution in [0.5, 0.6) is 0 Å². The molecule has 0 aliphatic carbocycles. The highest BCUT2D eigenvalue weighted by atomic mass is 32.1. The van der Waals surface area contributed by atoms with Crippen molar-refractivity contribution in [3.63, 3.8) is 0 Å². The van der Waals surface area contributed by atoms with Gasteiger partial charge in [-0.2, -0.15) is 0 Å². The molecule has 2 amide bonds. The van der Waals surface area contributed by atoms with Gasteiger partial charge in [-0.05, 0) is 29.0 Å². The second-order valence-electron chi connectivity index (χ2n) is 7.15. The third-order valence-electron chi connectivity index (χ3n) is 4.34. The van der Waals surface area contributed by atoms with Crippen molar-refractivity contribution in [3.05, 3.63) is 52.5 Å². The van der Waals surface area contributed by atoms with Crippen LogP contribution in [0, 0.1) is 5.92 Å². The molecule has 3 rings (SSSR count). The summed E-state index contributed by atoms with van der Waals surface area (Å²) in [6.45, 7) is 6.21. The van der Waals surface area contributed by atoms with E-state index in [1.807, 2.05) is 28.5 Å². The van der Waals surface area contributed by atoms with E-state index in [1.165, 1.54) is 11.3 Å². The van der Waals surface area contributed by atoms with E-state index in [4.69, 9.17) is 4.74 Å². The molecule has 1 aliphatic heterocycles. The number of thiophene rings is 1. The van der Waals surface area contributed by atoms with Crippen molar-refractivity contribution >= 4 is 23.2 Å². The number of ether oxygens (including phenoxy) is 1. The van der Waals surface area contributed by atoms with Crippen LogP contribution in [0.2, 0.25) is 0 Å². The van der Waals surface area contributed by atoms with Crippen molar-refractivity contribution in [1.29, 1.82) is 0 Å². The number of aromatic nitrogens is 1. The molecule has 1 atom stereocenters. The third-order valence-corrected chi connectivity index (χ3v) is 5.20. The van der Waals surface area contributed by atoms with Crippen molar-refractivity contribution in [2.45, 2.75) is 26.6 Å². The fraction of sp³-hybridized carbons (Fsp3) is 0.450. The van der Waals surface area contributed by atoms with Crippen LogP contribution in [0.4, 0.5) is 0 Å². The average Bonchev–Trinajstić information content (AvgIpc) is 3.14. The Morgan fingerprint density at radius 2 is 2.19 bits per heavy atom. The first kappa shape index (κ1) is 19.5. The van der Waals surface area contributed by atoms with E-state index in [-0.39, 0.29) is 24.5 Å². The van der Waals surface area contributed by atoms with Gasteiger partial charge >= 0.3 is 0 Å². The Hall–Kier alpha value is -2.25. The van der Waals surface area contributed by atoms with E-state index in [2.05, 4.69) is 18.8 Å². The number of pyridine rings is 1. The number of carbonyl (C=O) groups is 2. The van der Waals surface area contributed by atoms with E-state index in [0.717, 1.165) is 5.56 Å². The van der Waals surface area contributed by atoms with Gasteiger partial charge in [-0.3, -0.25) is 14.6 Å². The van der Waals surface area contributed by atoms with Gasteiger partial charge in [0, 0.05) is 32.0 Å². The topological polar surface area (TPSA) is 62.7 Å². The molecule has 3 heterocycles. The van der Waals surface area contributed by atoms with Gasteiger partial charge < -0.3 is 14.5 Å². The molecule has 1 fully saturated rings. The number of amides is 2. The number of rotatable bonds is 6. The minimum atomic E-state index is -0.237. The van der Waals surface area contributed by atoms with Gasteiger partial charge in [0.2, 0.25) is 5.91 Å². The summed E-state index contributed by atoms with van der Waals surface area (Å²) in [4.78, 5) is 33.7. The quantitative estimate of drug-likeness (QED) is 0.765. The summed E-state index contributed by atoms with van der Waals surface area (Å²) >= 11 is 1.39. The zero-order valence-corrected chi connectivity index (χ0v) is 16.5. The monoisotopic (exact) mass is 387 g/mol. The van der Waals surface area contributed by atoms with Crippen LogP contribution in [-0.2, 0) is 16.1 Å². The van der Waals surface area contributed by atoms with Gasteiger partial charge in [0.25, 0.3) is 5.91 Å². The van der Waals surface area contributed by atoms with Crippen LogP contribution >= 0.6 is 11.3 Å². The summed E-state index contributed by atoms with van der Waals surface area (Å²) in [6.07, 6.45) is 3.25. The molecule has 0 N–H and O–H groups in total. The lowest BCUT2D eigenvalue weighted by atomic mass is 10.2. The molecule has 1 aliphatic rings. The zero-order chi connectivity index (χ0) is 19.2. The molecule has 0 bridgehead atoms. The lowest BCUT2D eigenvalue weighted by Crippen LogP contribution is -2.40. The maximum atomic E-state index is 12.8. The first-order valence-electron chi connectivity index (χ1n) is 9.14. The molecular formula is C20H25N3O3S. The summed E-state index contributed by atoms with van der Waals surface area (Å²) in [6, 6.07) is 7.46. The molecule has 144 valence electrons. The molecule has 0 spiro atoms. The fourth-order valence-electron chi connectivity index (χ4n) is 3.11. The van der Waals surface area contributed by atoms with E-state index >= 15 is 0 Å². The number of hydrogen-bond acceptors (Lipinski definition) is 5. The maximum Gasteiger partial charge on any atom is 0.264 e. The Balaban J connectivity index is 1.74. The minimum Gasteiger partial charge on any atom is -0.370 e. The molecule has 6 nitrogen and oxygen atoms in total. The molecule has 27 heavy (non-hydrogen) atoms. The molecule has 0 aromatic carbocycles. The van der Waals surface area contributed by atoms with Gasteiger partial charge in [-0.25, -0.2) is 0 Å². The summed E-state index contributed by atoms with van der Waals surface area (Å²) in [5, 5.41) is 1.87. The predicted molar refractivity (Wildman–Crippen MR) is 104 cm³/mol. The number of hydrogen-bond donors (Lipinski definition) is 0. The van der Waals surface area contributed by atoms with Crippen molar-refractivity contribution in [2.24, 2.45) is 5.92 Å². The second-order valence-corrected chi connectivity index (χ2v) is 8.10. The van der Waals surface area contributed by atoms with E-state index in [1.54, 1.807) is 23.4 Å². The highest BCUT2D eigenvalue weighted by molar-refractivity contribution is 7.12. The summed E-state index contributed by atoms with van der Waals surface area (Å²) in [5.74, 6) is 0.216. The molecule has 0 saturated carbocycles. The molecule has 7 heteroatoms. The standard InChI is InChI=1S/C20H25N3O3S/c1-15(2)10-22-11-17(26-14-16-5-3-7-21-9-16)12-23(13-19(22)24)20(25)18-6-4-8-27-18/h3-9,15,17H,10-14H2,1-2H3/t17-/m1/s1. The van der Waals surface area contributed by atoms with E-state index < -0.39 is 0 Å². The molecule has 1 saturated heterocycles. The minimum absolute atomic E-state index is 0.0268. The molecule has 2 aromatic rings. The summed E-state index contributed by atoms with van der Waals surface area (Å²) in [5.41, 5.74) is 0.972. The van der Waals surface area contributed by atoms with Crippen LogP contribution in [0.25, 0.3) is 0 Å². The number of nitrogens with zero attached hydrogens (tertiary/aromatic N) is 3. The second kappa shape index (κ2) is 9.10.